The number of nitro groups is 1. The first-order chi connectivity index (χ1) is 9.39. The lowest BCUT2D eigenvalue weighted by Crippen LogP contribution is -2.33. The number of hydrogen-bond acceptors (Lipinski definition) is 4. The summed E-state index contributed by atoms with van der Waals surface area (Å²) in [4.78, 5) is 10.9. The molecule has 0 aliphatic heterocycles. The zero-order valence-electron chi connectivity index (χ0n) is 11.2. The maximum absolute atomic E-state index is 12.7. The Morgan fingerprint density at radius 1 is 1.35 bits per heavy atom. The Morgan fingerprint density at radius 3 is 2.45 bits per heavy atom. The van der Waals surface area contributed by atoms with E-state index in [-0.39, 0.29) is 16.2 Å². The Balaban J connectivity index is 2.46. The zero-order chi connectivity index (χ0) is 14.9. The van der Waals surface area contributed by atoms with Crippen LogP contribution in [-0.4, -0.2) is 24.6 Å². The third-order valence-corrected chi connectivity index (χ3v) is 6.19. The first kappa shape index (κ1) is 14.7. The highest BCUT2D eigenvalue weighted by Crippen LogP contribution is 2.40. The number of sulfone groups is 1. The van der Waals surface area contributed by atoms with E-state index in [1.807, 2.05) is 0 Å². The van der Waals surface area contributed by atoms with Gasteiger partial charge in [-0.15, -0.1) is 0 Å². The fourth-order valence-corrected chi connectivity index (χ4v) is 5.16. The molecule has 1 aliphatic rings. The van der Waals surface area contributed by atoms with Gasteiger partial charge in [-0.05, 0) is 18.6 Å². The smallest absolute Gasteiger partial charge is 0.221 e. The van der Waals surface area contributed by atoms with Gasteiger partial charge in [-0.25, -0.2) is 8.42 Å². The third kappa shape index (κ3) is 2.35. The molecule has 0 saturated heterocycles. The van der Waals surface area contributed by atoms with Crippen molar-refractivity contribution in [3.05, 3.63) is 52.6 Å². The number of hydrogen-bond donors (Lipinski definition) is 0. The maximum Gasteiger partial charge on any atom is 0.221 e. The van der Waals surface area contributed by atoms with Crippen LogP contribution >= 0.6 is 0 Å². The molecule has 5 nitrogen and oxygen atoms in total. The molecular weight excluding hydrogens is 278 g/mol. The number of nitrogens with zero attached hydrogens (tertiary/aromatic N) is 1. The van der Waals surface area contributed by atoms with Crippen molar-refractivity contribution in [2.24, 2.45) is 5.92 Å². The first-order valence-corrected chi connectivity index (χ1v) is 8.04. The predicted octanol–water partition coefficient (Wildman–Crippen LogP) is 2.46. The van der Waals surface area contributed by atoms with Crippen molar-refractivity contribution in [2.45, 2.75) is 36.0 Å². The molecule has 0 N–H and O–H groups in total. The molecule has 2 rings (SSSR count). The fourth-order valence-electron chi connectivity index (χ4n) is 2.96. The first-order valence-electron chi connectivity index (χ1n) is 6.49. The lowest BCUT2D eigenvalue weighted by atomic mass is 10.0. The molecule has 0 bridgehead atoms. The average molecular weight is 295 g/mol. The second kappa shape index (κ2) is 5.36. The summed E-state index contributed by atoms with van der Waals surface area (Å²) in [5.41, 5.74) is 0.447. The Labute approximate surface area is 118 Å². The Morgan fingerprint density at radius 2 is 1.95 bits per heavy atom. The van der Waals surface area contributed by atoms with Gasteiger partial charge in [0.1, 0.15) is 0 Å². The van der Waals surface area contributed by atoms with Gasteiger partial charge < -0.3 is 0 Å². The lowest BCUT2D eigenvalue weighted by Gasteiger charge is -2.19. The molecular formula is C14H17NO4S. The predicted molar refractivity (Wildman–Crippen MR) is 75.7 cm³/mol. The molecule has 0 heterocycles. The molecule has 20 heavy (non-hydrogen) atoms. The van der Waals surface area contributed by atoms with Crippen LogP contribution in [0.3, 0.4) is 0 Å². The fraction of sp³-hybridized carbons (Fsp3) is 0.429. The van der Waals surface area contributed by atoms with Gasteiger partial charge >= 0.3 is 0 Å². The SMILES string of the molecule is C=C1C[C@@H]([N+](=O)[O-])[C@H](CC)[C@H]1S(=O)(=O)c1ccccc1. The summed E-state index contributed by atoms with van der Waals surface area (Å²) in [7, 11) is -3.62. The van der Waals surface area contributed by atoms with Crippen LogP contribution in [0.5, 0.6) is 0 Å². The summed E-state index contributed by atoms with van der Waals surface area (Å²) in [5.74, 6) is -0.511. The van der Waals surface area contributed by atoms with Crippen molar-refractivity contribution in [3.63, 3.8) is 0 Å². The molecule has 0 spiro atoms. The minimum Gasteiger partial charge on any atom is -0.264 e. The molecule has 0 radical (unpaired) electrons. The van der Waals surface area contributed by atoms with E-state index in [0.717, 1.165) is 0 Å². The van der Waals surface area contributed by atoms with Crippen LogP contribution in [0.2, 0.25) is 0 Å². The van der Waals surface area contributed by atoms with Crippen LogP contribution in [0, 0.1) is 16.0 Å². The van der Waals surface area contributed by atoms with Crippen molar-refractivity contribution in [3.8, 4) is 0 Å². The lowest BCUT2D eigenvalue weighted by molar-refractivity contribution is -0.528. The molecule has 1 fully saturated rings. The molecule has 1 saturated carbocycles. The van der Waals surface area contributed by atoms with Gasteiger partial charge in [-0.2, -0.15) is 0 Å². The highest BCUT2D eigenvalue weighted by atomic mass is 32.2. The van der Waals surface area contributed by atoms with Crippen LogP contribution in [-0.2, 0) is 9.84 Å². The van der Waals surface area contributed by atoms with E-state index in [0.29, 0.717) is 12.0 Å². The summed E-state index contributed by atoms with van der Waals surface area (Å²) in [6.07, 6.45) is 0.587. The Kier molecular flexibility index (Phi) is 3.94. The summed E-state index contributed by atoms with van der Waals surface area (Å²) < 4.78 is 25.4. The van der Waals surface area contributed by atoms with Crippen LogP contribution in [0.25, 0.3) is 0 Å². The topological polar surface area (TPSA) is 77.3 Å². The van der Waals surface area contributed by atoms with Crippen LogP contribution in [0.4, 0.5) is 0 Å². The van der Waals surface area contributed by atoms with E-state index < -0.39 is 27.0 Å². The van der Waals surface area contributed by atoms with E-state index in [2.05, 4.69) is 6.58 Å². The average Bonchev–Trinajstić information content (AvgIpc) is 2.77. The van der Waals surface area contributed by atoms with Crippen molar-refractivity contribution in [1.29, 1.82) is 0 Å². The van der Waals surface area contributed by atoms with Gasteiger partial charge in [0.2, 0.25) is 6.04 Å². The van der Waals surface area contributed by atoms with Gasteiger partial charge in [0.05, 0.1) is 10.1 Å². The van der Waals surface area contributed by atoms with Crippen LogP contribution in [0.15, 0.2) is 47.4 Å². The van der Waals surface area contributed by atoms with E-state index in [9.17, 15) is 18.5 Å². The summed E-state index contributed by atoms with van der Waals surface area (Å²) in [5, 5.41) is 10.2. The van der Waals surface area contributed by atoms with Gasteiger partial charge in [-0.1, -0.05) is 37.3 Å². The molecule has 3 atom stereocenters. The molecule has 0 amide bonds. The molecule has 1 aromatic carbocycles. The molecule has 1 aromatic rings. The van der Waals surface area contributed by atoms with E-state index in [1.54, 1.807) is 25.1 Å². The van der Waals surface area contributed by atoms with Crippen LogP contribution < -0.4 is 0 Å². The van der Waals surface area contributed by atoms with Crippen LogP contribution in [0.1, 0.15) is 19.8 Å². The minimum atomic E-state index is -3.62. The highest BCUT2D eigenvalue weighted by Gasteiger charge is 2.50. The third-order valence-electron chi connectivity index (χ3n) is 3.91. The highest BCUT2D eigenvalue weighted by molar-refractivity contribution is 7.92. The molecule has 0 unspecified atom stereocenters. The molecule has 108 valence electrons. The van der Waals surface area contributed by atoms with Gasteiger partial charge in [0.15, 0.2) is 9.84 Å². The largest absolute Gasteiger partial charge is 0.264 e. The number of rotatable bonds is 4. The zero-order valence-corrected chi connectivity index (χ0v) is 12.0. The van der Waals surface area contributed by atoms with Gasteiger partial charge in [0.25, 0.3) is 0 Å². The molecule has 1 aliphatic carbocycles. The second-order valence-electron chi connectivity index (χ2n) is 5.07. The Hall–Kier alpha value is -1.69. The summed E-state index contributed by atoms with van der Waals surface area (Å²) in [6, 6.07) is 7.23. The quantitative estimate of drug-likeness (QED) is 0.485. The summed E-state index contributed by atoms with van der Waals surface area (Å²) >= 11 is 0. The monoisotopic (exact) mass is 295 g/mol. The Bertz CT molecular complexity index is 624. The van der Waals surface area contributed by atoms with E-state index >= 15 is 0 Å². The normalized spacial score (nSPS) is 26.6. The number of benzene rings is 1. The second-order valence-corrected chi connectivity index (χ2v) is 7.14. The molecule has 0 aromatic heterocycles. The van der Waals surface area contributed by atoms with Crippen molar-refractivity contribution in [1.82, 2.24) is 0 Å². The van der Waals surface area contributed by atoms with Crippen molar-refractivity contribution < 1.29 is 13.3 Å². The van der Waals surface area contributed by atoms with Crippen molar-refractivity contribution in [2.75, 3.05) is 0 Å². The van der Waals surface area contributed by atoms with Gasteiger partial charge in [-0.3, -0.25) is 10.1 Å². The minimum absolute atomic E-state index is 0.141. The van der Waals surface area contributed by atoms with E-state index in [4.69, 9.17) is 0 Å². The maximum atomic E-state index is 12.7. The standard InChI is InChI=1S/C14H17NO4S/c1-3-12-13(15(16)17)9-10(2)14(12)20(18,19)11-7-5-4-6-8-11/h4-8,12-14H,2-3,9H2,1H3/t12-,13+,14-/m0/s1. The van der Waals surface area contributed by atoms with Crippen molar-refractivity contribution >= 4 is 9.84 Å². The summed E-state index contributed by atoms with van der Waals surface area (Å²) in [6.45, 7) is 5.56. The van der Waals surface area contributed by atoms with Gasteiger partial charge in [0, 0.05) is 17.3 Å². The molecule has 6 heteroatoms. The van der Waals surface area contributed by atoms with E-state index in [1.165, 1.54) is 12.1 Å².